The van der Waals surface area contributed by atoms with Gasteiger partial charge in [-0.25, -0.2) is 0 Å². The Morgan fingerprint density at radius 3 is 2.73 bits per heavy atom. The highest BCUT2D eigenvalue weighted by molar-refractivity contribution is 5.43. The van der Waals surface area contributed by atoms with Gasteiger partial charge in [0.1, 0.15) is 0 Å². The Bertz CT molecular complexity index is 486. The van der Waals surface area contributed by atoms with Gasteiger partial charge < -0.3 is 9.47 Å². The third kappa shape index (κ3) is 3.40. The molecule has 0 aromatic heterocycles. The van der Waals surface area contributed by atoms with E-state index in [-0.39, 0.29) is 0 Å². The fraction of sp³-hybridized carbons (Fsp3) is 0.684. The quantitative estimate of drug-likeness (QED) is 0.811. The lowest BCUT2D eigenvalue weighted by molar-refractivity contribution is 0.0546. The van der Waals surface area contributed by atoms with Crippen LogP contribution in [-0.4, -0.2) is 31.2 Å². The molecule has 1 heterocycles. The fourth-order valence-corrected chi connectivity index (χ4v) is 4.25. The van der Waals surface area contributed by atoms with Gasteiger partial charge in [-0.3, -0.25) is 4.90 Å². The summed E-state index contributed by atoms with van der Waals surface area (Å²) in [5.74, 6) is 2.65. The molecule has 3 heteroatoms. The van der Waals surface area contributed by atoms with Gasteiger partial charge in [0.2, 0.25) is 0 Å². The number of likely N-dealkylation sites (tertiary alicyclic amines) is 1. The van der Waals surface area contributed by atoms with Crippen molar-refractivity contribution in [3.8, 4) is 11.5 Å². The zero-order chi connectivity index (χ0) is 15.4. The first-order chi connectivity index (χ1) is 10.8. The Labute approximate surface area is 134 Å². The molecule has 1 saturated heterocycles. The summed E-state index contributed by atoms with van der Waals surface area (Å²) >= 11 is 0. The van der Waals surface area contributed by atoms with Crippen LogP contribution in [0.3, 0.4) is 0 Å². The molecular weight excluding hydrogens is 274 g/mol. The number of hydrogen-bond donors (Lipinski definition) is 0. The van der Waals surface area contributed by atoms with Crippen LogP contribution in [0, 0.1) is 5.92 Å². The molecule has 0 spiro atoms. The Hall–Kier alpha value is -1.22. The second kappa shape index (κ2) is 7.36. The van der Waals surface area contributed by atoms with Gasteiger partial charge in [0.05, 0.1) is 13.7 Å². The van der Waals surface area contributed by atoms with E-state index in [9.17, 15) is 0 Å². The number of hydrogen-bond acceptors (Lipinski definition) is 3. The minimum absolute atomic E-state index is 0.675. The van der Waals surface area contributed by atoms with E-state index < -0.39 is 0 Å². The molecule has 2 fully saturated rings. The van der Waals surface area contributed by atoms with E-state index in [1.807, 2.05) is 13.0 Å². The molecular formula is C19H29NO2. The molecule has 122 valence electrons. The van der Waals surface area contributed by atoms with Gasteiger partial charge >= 0.3 is 0 Å². The second-order valence-electron chi connectivity index (χ2n) is 6.64. The molecule has 0 N–H and O–H groups in total. The molecule has 1 aliphatic carbocycles. The fourth-order valence-electron chi connectivity index (χ4n) is 4.25. The lowest BCUT2D eigenvalue weighted by Gasteiger charge is -2.44. The first-order valence-electron chi connectivity index (χ1n) is 8.85. The van der Waals surface area contributed by atoms with E-state index in [1.165, 1.54) is 50.6 Å². The maximum Gasteiger partial charge on any atom is 0.161 e. The molecule has 2 atom stereocenters. The number of nitrogens with zero attached hydrogens (tertiary/aromatic N) is 1. The van der Waals surface area contributed by atoms with Gasteiger partial charge in [-0.15, -0.1) is 0 Å². The standard InChI is InChI=1S/C19H29NO2/c1-3-22-19-13-15(10-11-18(19)21-2)14-20-12-6-8-16-7-4-5-9-17(16)20/h10-11,13,16-17H,3-9,12,14H2,1-2H3. The van der Waals surface area contributed by atoms with Crippen molar-refractivity contribution in [2.75, 3.05) is 20.3 Å². The van der Waals surface area contributed by atoms with E-state index in [0.717, 1.165) is 30.0 Å². The first-order valence-corrected chi connectivity index (χ1v) is 8.85. The summed E-state index contributed by atoms with van der Waals surface area (Å²) in [4.78, 5) is 2.71. The van der Waals surface area contributed by atoms with Crippen LogP contribution in [0.5, 0.6) is 11.5 Å². The van der Waals surface area contributed by atoms with Crippen molar-refractivity contribution in [3.63, 3.8) is 0 Å². The predicted octanol–water partition coefficient (Wildman–Crippen LogP) is 4.25. The molecule has 2 aliphatic rings. The number of methoxy groups -OCH3 is 1. The van der Waals surface area contributed by atoms with Crippen LogP contribution in [0.2, 0.25) is 0 Å². The van der Waals surface area contributed by atoms with Gasteiger partial charge in [-0.2, -0.15) is 0 Å². The molecule has 1 aliphatic heterocycles. The van der Waals surface area contributed by atoms with Gasteiger partial charge in [0.25, 0.3) is 0 Å². The zero-order valence-corrected chi connectivity index (χ0v) is 14.0. The highest BCUT2D eigenvalue weighted by atomic mass is 16.5. The van der Waals surface area contributed by atoms with Gasteiger partial charge in [0.15, 0.2) is 11.5 Å². The van der Waals surface area contributed by atoms with Gasteiger partial charge in [-0.05, 0) is 62.8 Å². The van der Waals surface area contributed by atoms with E-state index >= 15 is 0 Å². The Morgan fingerprint density at radius 1 is 1.09 bits per heavy atom. The predicted molar refractivity (Wildman–Crippen MR) is 89.6 cm³/mol. The number of benzene rings is 1. The van der Waals surface area contributed by atoms with E-state index in [0.29, 0.717) is 6.61 Å². The third-order valence-corrected chi connectivity index (χ3v) is 5.27. The zero-order valence-electron chi connectivity index (χ0n) is 14.0. The number of ether oxygens (including phenoxy) is 2. The molecule has 3 nitrogen and oxygen atoms in total. The minimum Gasteiger partial charge on any atom is -0.493 e. The Balaban J connectivity index is 1.72. The summed E-state index contributed by atoms with van der Waals surface area (Å²) in [6, 6.07) is 7.20. The van der Waals surface area contributed by atoms with Crippen molar-refractivity contribution in [2.45, 2.75) is 58.0 Å². The topological polar surface area (TPSA) is 21.7 Å². The van der Waals surface area contributed by atoms with Crippen molar-refractivity contribution in [1.82, 2.24) is 4.90 Å². The SMILES string of the molecule is CCOc1cc(CN2CCCC3CCCCC32)ccc1OC. The van der Waals surface area contributed by atoms with Crippen LogP contribution < -0.4 is 9.47 Å². The average molecular weight is 303 g/mol. The van der Waals surface area contributed by atoms with Crippen molar-refractivity contribution >= 4 is 0 Å². The smallest absolute Gasteiger partial charge is 0.161 e. The molecule has 0 radical (unpaired) electrons. The summed E-state index contributed by atoms with van der Waals surface area (Å²) < 4.78 is 11.1. The Kier molecular flexibility index (Phi) is 5.24. The number of rotatable bonds is 5. The van der Waals surface area contributed by atoms with Gasteiger partial charge in [-0.1, -0.05) is 18.9 Å². The summed E-state index contributed by atoms with van der Waals surface area (Å²) in [7, 11) is 1.70. The van der Waals surface area contributed by atoms with Crippen LogP contribution in [0.4, 0.5) is 0 Å². The summed E-state index contributed by atoms with van der Waals surface area (Å²) in [5, 5.41) is 0. The molecule has 3 rings (SSSR count). The van der Waals surface area contributed by atoms with Crippen molar-refractivity contribution < 1.29 is 9.47 Å². The monoisotopic (exact) mass is 303 g/mol. The van der Waals surface area contributed by atoms with Crippen molar-refractivity contribution in [3.05, 3.63) is 23.8 Å². The molecule has 1 aromatic carbocycles. The van der Waals surface area contributed by atoms with Gasteiger partial charge in [0, 0.05) is 12.6 Å². The van der Waals surface area contributed by atoms with Crippen LogP contribution in [0.15, 0.2) is 18.2 Å². The lowest BCUT2D eigenvalue weighted by Crippen LogP contribution is -2.46. The molecule has 22 heavy (non-hydrogen) atoms. The highest BCUT2D eigenvalue weighted by Gasteiger charge is 2.32. The Morgan fingerprint density at radius 2 is 1.91 bits per heavy atom. The summed E-state index contributed by atoms with van der Waals surface area (Å²) in [6.07, 6.45) is 8.47. The summed E-state index contributed by atoms with van der Waals surface area (Å²) in [6.45, 7) is 4.99. The average Bonchev–Trinajstić information content (AvgIpc) is 2.56. The largest absolute Gasteiger partial charge is 0.493 e. The first kappa shape index (κ1) is 15.7. The third-order valence-electron chi connectivity index (χ3n) is 5.27. The molecule has 2 unspecified atom stereocenters. The van der Waals surface area contributed by atoms with Crippen LogP contribution in [0.25, 0.3) is 0 Å². The van der Waals surface area contributed by atoms with Crippen LogP contribution in [0.1, 0.15) is 51.0 Å². The maximum absolute atomic E-state index is 5.72. The number of piperidine rings is 1. The molecule has 1 aromatic rings. The molecule has 0 amide bonds. The van der Waals surface area contributed by atoms with Crippen LogP contribution >= 0.6 is 0 Å². The normalized spacial score (nSPS) is 25.5. The summed E-state index contributed by atoms with van der Waals surface area (Å²) in [5.41, 5.74) is 1.34. The van der Waals surface area contributed by atoms with Crippen LogP contribution in [-0.2, 0) is 6.54 Å². The lowest BCUT2D eigenvalue weighted by atomic mass is 9.78. The van der Waals surface area contributed by atoms with Crippen molar-refractivity contribution in [2.24, 2.45) is 5.92 Å². The van der Waals surface area contributed by atoms with Crippen molar-refractivity contribution in [1.29, 1.82) is 0 Å². The molecule has 1 saturated carbocycles. The molecule has 0 bridgehead atoms. The van der Waals surface area contributed by atoms with E-state index in [2.05, 4.69) is 17.0 Å². The highest BCUT2D eigenvalue weighted by Crippen LogP contribution is 2.36. The van der Waals surface area contributed by atoms with E-state index in [1.54, 1.807) is 7.11 Å². The van der Waals surface area contributed by atoms with E-state index in [4.69, 9.17) is 9.47 Å². The minimum atomic E-state index is 0.675. The number of fused-ring (bicyclic) bond motifs is 1. The second-order valence-corrected chi connectivity index (χ2v) is 6.64. The maximum atomic E-state index is 5.72.